The van der Waals surface area contributed by atoms with E-state index in [-0.39, 0.29) is 6.04 Å². The second-order valence-corrected chi connectivity index (χ2v) is 5.94. The number of benzene rings is 2. The molecule has 0 fully saturated rings. The van der Waals surface area contributed by atoms with Crippen LogP contribution in [0, 0.1) is 11.3 Å². The van der Waals surface area contributed by atoms with E-state index in [1.807, 2.05) is 48.5 Å². The predicted octanol–water partition coefficient (Wildman–Crippen LogP) is 4.58. The average molecular weight is 329 g/mol. The van der Waals surface area contributed by atoms with Gasteiger partial charge in [0.2, 0.25) is 0 Å². The van der Waals surface area contributed by atoms with Crippen LogP contribution in [0.5, 0.6) is 0 Å². The van der Waals surface area contributed by atoms with Gasteiger partial charge in [0.15, 0.2) is 5.82 Å². The van der Waals surface area contributed by atoms with Gasteiger partial charge in [0.1, 0.15) is 11.6 Å². The molecule has 0 amide bonds. The minimum Gasteiger partial charge on any atom is -0.368 e. The normalized spacial score (nSPS) is 10.3. The van der Waals surface area contributed by atoms with Crippen LogP contribution in [0.25, 0.3) is 11.4 Å². The molecule has 1 heterocycles. The van der Waals surface area contributed by atoms with Crippen LogP contribution in [0.3, 0.4) is 0 Å². The van der Waals surface area contributed by atoms with Gasteiger partial charge in [-0.05, 0) is 38.1 Å². The number of rotatable bonds is 5. The minimum absolute atomic E-state index is 0.265. The maximum absolute atomic E-state index is 8.90. The summed E-state index contributed by atoms with van der Waals surface area (Å²) in [6.45, 7) is 4.13. The van der Waals surface area contributed by atoms with Crippen LogP contribution in [0.4, 0.5) is 17.3 Å². The predicted molar refractivity (Wildman–Crippen MR) is 101 cm³/mol. The Labute approximate surface area is 147 Å². The van der Waals surface area contributed by atoms with Crippen LogP contribution in [0.15, 0.2) is 60.7 Å². The van der Waals surface area contributed by atoms with E-state index < -0.39 is 0 Å². The van der Waals surface area contributed by atoms with Crippen molar-refractivity contribution in [2.75, 3.05) is 10.6 Å². The van der Waals surface area contributed by atoms with Gasteiger partial charge in [-0.15, -0.1) is 0 Å². The molecule has 3 rings (SSSR count). The van der Waals surface area contributed by atoms with Crippen molar-refractivity contribution >= 4 is 17.3 Å². The van der Waals surface area contributed by atoms with Gasteiger partial charge >= 0.3 is 0 Å². The Morgan fingerprint density at radius 2 is 1.60 bits per heavy atom. The molecule has 2 N–H and O–H groups in total. The van der Waals surface area contributed by atoms with E-state index in [0.717, 1.165) is 17.1 Å². The Balaban J connectivity index is 1.95. The van der Waals surface area contributed by atoms with E-state index in [9.17, 15) is 0 Å². The highest BCUT2D eigenvalue weighted by Crippen LogP contribution is 2.23. The molecule has 0 radical (unpaired) electrons. The van der Waals surface area contributed by atoms with Gasteiger partial charge < -0.3 is 10.6 Å². The second-order valence-electron chi connectivity index (χ2n) is 5.94. The number of nitriles is 1. The molecular weight excluding hydrogens is 310 g/mol. The second kappa shape index (κ2) is 7.45. The molecule has 0 bridgehead atoms. The molecule has 0 unspecified atom stereocenters. The third-order valence-electron chi connectivity index (χ3n) is 3.48. The number of nitrogens with zero attached hydrogens (tertiary/aromatic N) is 3. The molecule has 1 aromatic heterocycles. The number of anilines is 3. The Morgan fingerprint density at radius 1 is 0.920 bits per heavy atom. The zero-order valence-corrected chi connectivity index (χ0v) is 14.2. The first-order chi connectivity index (χ1) is 12.1. The fraction of sp³-hybridized carbons (Fsp3) is 0.150. The van der Waals surface area contributed by atoms with Crippen molar-refractivity contribution in [1.82, 2.24) is 9.97 Å². The van der Waals surface area contributed by atoms with Crippen LogP contribution in [0.1, 0.15) is 19.4 Å². The van der Waals surface area contributed by atoms with Crippen LogP contribution >= 0.6 is 0 Å². The van der Waals surface area contributed by atoms with Gasteiger partial charge in [0, 0.05) is 23.4 Å². The third-order valence-corrected chi connectivity index (χ3v) is 3.48. The lowest BCUT2D eigenvalue weighted by atomic mass is 10.2. The standard InChI is InChI=1S/C20H19N5/c1-14(2)22-18-12-19(23-17-10-8-15(13-21)9-11-17)25-20(24-18)16-6-4-3-5-7-16/h3-12,14H,1-2H3,(H2,22,23,24,25). The van der Waals surface area contributed by atoms with Crippen LogP contribution < -0.4 is 10.6 Å². The smallest absolute Gasteiger partial charge is 0.163 e. The van der Waals surface area contributed by atoms with Crippen molar-refractivity contribution in [3.63, 3.8) is 0 Å². The molecule has 25 heavy (non-hydrogen) atoms. The van der Waals surface area contributed by atoms with Crippen molar-refractivity contribution in [3.05, 3.63) is 66.2 Å². The molecule has 5 heteroatoms. The number of hydrogen-bond acceptors (Lipinski definition) is 5. The summed E-state index contributed by atoms with van der Waals surface area (Å²) in [5.74, 6) is 2.11. The first-order valence-electron chi connectivity index (χ1n) is 8.12. The lowest BCUT2D eigenvalue weighted by Gasteiger charge is -2.13. The molecule has 5 nitrogen and oxygen atoms in total. The van der Waals surface area contributed by atoms with Gasteiger partial charge in [0.05, 0.1) is 11.6 Å². The van der Waals surface area contributed by atoms with Crippen LogP contribution in [0.2, 0.25) is 0 Å². The fourth-order valence-electron chi connectivity index (χ4n) is 2.37. The Morgan fingerprint density at radius 3 is 2.24 bits per heavy atom. The summed E-state index contributed by atoms with van der Waals surface area (Å²) in [5.41, 5.74) is 2.45. The lowest BCUT2D eigenvalue weighted by molar-refractivity contribution is 0.887. The zero-order valence-electron chi connectivity index (χ0n) is 14.2. The monoisotopic (exact) mass is 329 g/mol. The van der Waals surface area contributed by atoms with Gasteiger partial charge in [0.25, 0.3) is 0 Å². The third kappa shape index (κ3) is 4.33. The summed E-state index contributed by atoms with van der Waals surface area (Å²) in [6.07, 6.45) is 0. The van der Waals surface area contributed by atoms with Gasteiger partial charge in [-0.1, -0.05) is 30.3 Å². The van der Waals surface area contributed by atoms with E-state index in [1.54, 1.807) is 12.1 Å². The summed E-state index contributed by atoms with van der Waals surface area (Å²) in [7, 11) is 0. The zero-order chi connectivity index (χ0) is 17.6. The summed E-state index contributed by atoms with van der Waals surface area (Å²) in [5, 5.41) is 15.5. The van der Waals surface area contributed by atoms with Gasteiger partial charge in [-0.25, -0.2) is 9.97 Å². The van der Waals surface area contributed by atoms with Crippen LogP contribution in [-0.4, -0.2) is 16.0 Å². The Kier molecular flexibility index (Phi) is 4.91. The molecule has 0 atom stereocenters. The number of hydrogen-bond donors (Lipinski definition) is 2. The quantitative estimate of drug-likeness (QED) is 0.717. The van der Waals surface area contributed by atoms with E-state index >= 15 is 0 Å². The molecule has 3 aromatic rings. The molecule has 0 saturated heterocycles. The summed E-state index contributed by atoms with van der Waals surface area (Å²) >= 11 is 0. The maximum atomic E-state index is 8.90. The highest BCUT2D eigenvalue weighted by Gasteiger charge is 2.08. The van der Waals surface area contributed by atoms with Crippen molar-refractivity contribution in [2.45, 2.75) is 19.9 Å². The van der Waals surface area contributed by atoms with E-state index in [2.05, 4.69) is 40.5 Å². The highest BCUT2D eigenvalue weighted by molar-refractivity contribution is 5.65. The molecule has 0 spiro atoms. The SMILES string of the molecule is CC(C)Nc1cc(Nc2ccc(C#N)cc2)nc(-c2ccccc2)n1. The number of aromatic nitrogens is 2. The van der Waals surface area contributed by atoms with E-state index in [4.69, 9.17) is 5.26 Å². The van der Waals surface area contributed by atoms with Crippen molar-refractivity contribution in [1.29, 1.82) is 5.26 Å². The minimum atomic E-state index is 0.265. The van der Waals surface area contributed by atoms with Crippen molar-refractivity contribution in [2.24, 2.45) is 0 Å². The molecule has 0 aliphatic heterocycles. The molecular formula is C20H19N5. The van der Waals surface area contributed by atoms with Crippen molar-refractivity contribution < 1.29 is 0 Å². The molecule has 124 valence electrons. The lowest BCUT2D eigenvalue weighted by Crippen LogP contribution is -2.12. The topological polar surface area (TPSA) is 73.6 Å². The molecule has 0 aliphatic carbocycles. The first kappa shape index (κ1) is 16.5. The fourth-order valence-corrected chi connectivity index (χ4v) is 2.37. The molecule has 0 saturated carbocycles. The maximum Gasteiger partial charge on any atom is 0.163 e. The van der Waals surface area contributed by atoms with Gasteiger partial charge in [-0.2, -0.15) is 5.26 Å². The molecule has 2 aromatic carbocycles. The average Bonchev–Trinajstić information content (AvgIpc) is 2.62. The van der Waals surface area contributed by atoms with Crippen molar-refractivity contribution in [3.8, 4) is 17.5 Å². The first-order valence-corrected chi connectivity index (χ1v) is 8.12. The van der Waals surface area contributed by atoms with Crippen LogP contribution in [-0.2, 0) is 0 Å². The molecule has 0 aliphatic rings. The highest BCUT2D eigenvalue weighted by atomic mass is 15.1. The number of nitrogens with one attached hydrogen (secondary N) is 2. The van der Waals surface area contributed by atoms with E-state index in [1.165, 1.54) is 0 Å². The van der Waals surface area contributed by atoms with E-state index in [0.29, 0.717) is 17.2 Å². The Hall–Kier alpha value is -3.39. The largest absolute Gasteiger partial charge is 0.368 e. The Bertz CT molecular complexity index is 880. The summed E-state index contributed by atoms with van der Waals surface area (Å²) in [4.78, 5) is 9.23. The summed E-state index contributed by atoms with van der Waals surface area (Å²) < 4.78 is 0. The van der Waals surface area contributed by atoms with Gasteiger partial charge in [-0.3, -0.25) is 0 Å². The summed E-state index contributed by atoms with van der Waals surface area (Å²) in [6, 6.07) is 21.4.